The molecule has 1 fully saturated rings. The molecule has 1 aliphatic heterocycles. The molecular formula is C31H37NO7. The summed E-state index contributed by atoms with van der Waals surface area (Å²) in [5, 5.41) is 0. The first-order valence-electron chi connectivity index (χ1n) is 13.0. The minimum Gasteiger partial charge on any atom is -0.468 e. The van der Waals surface area contributed by atoms with E-state index in [2.05, 4.69) is 0 Å². The van der Waals surface area contributed by atoms with Crippen LogP contribution in [-0.4, -0.2) is 57.4 Å². The van der Waals surface area contributed by atoms with E-state index in [1.54, 1.807) is 0 Å². The molecule has 0 bridgehead atoms. The Morgan fingerprint density at radius 3 is 1.74 bits per heavy atom. The highest BCUT2D eigenvalue weighted by Crippen LogP contribution is 2.34. The van der Waals surface area contributed by atoms with Gasteiger partial charge in [0.25, 0.3) is 0 Å². The average molecular weight is 536 g/mol. The van der Waals surface area contributed by atoms with E-state index in [0.29, 0.717) is 13.2 Å². The maximum Gasteiger partial charge on any atom is 0.323 e. The Morgan fingerprint density at radius 2 is 1.26 bits per heavy atom. The summed E-state index contributed by atoms with van der Waals surface area (Å²) in [4.78, 5) is 12.6. The summed E-state index contributed by atoms with van der Waals surface area (Å²) >= 11 is 0. The van der Waals surface area contributed by atoms with Crippen molar-refractivity contribution in [2.45, 2.75) is 50.5 Å². The Morgan fingerprint density at radius 1 is 0.769 bits per heavy atom. The highest BCUT2D eigenvalue weighted by Gasteiger charge is 2.52. The van der Waals surface area contributed by atoms with Crippen LogP contribution < -0.4 is 5.73 Å². The lowest BCUT2D eigenvalue weighted by Gasteiger charge is -2.47. The van der Waals surface area contributed by atoms with Gasteiger partial charge in [-0.15, -0.1) is 0 Å². The van der Waals surface area contributed by atoms with Crippen molar-refractivity contribution in [2.75, 3.05) is 20.8 Å². The molecule has 0 spiro atoms. The number of ether oxygens (including phenoxy) is 6. The fourth-order valence-electron chi connectivity index (χ4n) is 4.75. The molecular weight excluding hydrogens is 498 g/mol. The van der Waals surface area contributed by atoms with E-state index in [0.717, 1.165) is 16.7 Å². The molecule has 0 amide bonds. The van der Waals surface area contributed by atoms with E-state index in [1.807, 2.05) is 91.0 Å². The zero-order valence-corrected chi connectivity index (χ0v) is 22.4. The van der Waals surface area contributed by atoms with Gasteiger partial charge in [-0.05, 0) is 16.7 Å². The topological polar surface area (TPSA) is 98.5 Å². The van der Waals surface area contributed by atoms with Crippen molar-refractivity contribution in [3.8, 4) is 0 Å². The minimum atomic E-state index is -1.06. The van der Waals surface area contributed by atoms with Gasteiger partial charge in [-0.25, -0.2) is 0 Å². The second-order valence-electron chi connectivity index (χ2n) is 9.43. The first-order chi connectivity index (χ1) is 19.1. The average Bonchev–Trinajstić information content (AvgIpc) is 2.99. The second kappa shape index (κ2) is 14.9. The number of carbonyl (C=O) groups excluding carboxylic acids is 1. The van der Waals surface area contributed by atoms with Gasteiger partial charge in [0.05, 0.1) is 45.6 Å². The third-order valence-electron chi connectivity index (χ3n) is 6.78. The third-order valence-corrected chi connectivity index (χ3v) is 6.78. The lowest BCUT2D eigenvalue weighted by molar-refractivity contribution is -0.302. The maximum absolute atomic E-state index is 12.6. The van der Waals surface area contributed by atoms with Crippen molar-refractivity contribution in [3.05, 3.63) is 108 Å². The molecule has 39 heavy (non-hydrogen) atoms. The fourth-order valence-corrected chi connectivity index (χ4v) is 4.75. The Bertz CT molecular complexity index is 1120. The van der Waals surface area contributed by atoms with Crippen molar-refractivity contribution in [1.82, 2.24) is 0 Å². The molecule has 1 heterocycles. The second-order valence-corrected chi connectivity index (χ2v) is 9.43. The Hall–Kier alpha value is -3.11. The highest BCUT2D eigenvalue weighted by atomic mass is 16.7. The zero-order chi connectivity index (χ0) is 27.5. The molecule has 8 heteroatoms. The summed E-state index contributed by atoms with van der Waals surface area (Å²) in [5.74, 6) is -1.28. The van der Waals surface area contributed by atoms with Gasteiger partial charge >= 0.3 is 5.97 Å². The normalized spacial score (nSPS) is 23.7. The molecule has 0 aliphatic carbocycles. The minimum absolute atomic E-state index is 0.222. The van der Waals surface area contributed by atoms with Crippen molar-refractivity contribution in [1.29, 1.82) is 0 Å². The van der Waals surface area contributed by atoms with Gasteiger partial charge in [0.2, 0.25) is 0 Å². The van der Waals surface area contributed by atoms with Crippen LogP contribution >= 0.6 is 0 Å². The number of rotatable bonds is 13. The number of methoxy groups -OCH3 is 2. The largest absolute Gasteiger partial charge is 0.468 e. The molecule has 1 saturated heterocycles. The molecule has 208 valence electrons. The van der Waals surface area contributed by atoms with Crippen molar-refractivity contribution >= 4 is 5.97 Å². The highest BCUT2D eigenvalue weighted by molar-refractivity contribution is 5.76. The first kappa shape index (κ1) is 28.9. The molecule has 6 atom stereocenters. The number of benzene rings is 3. The number of hydrogen-bond acceptors (Lipinski definition) is 8. The van der Waals surface area contributed by atoms with Gasteiger partial charge in [0.1, 0.15) is 18.2 Å². The summed E-state index contributed by atoms with van der Waals surface area (Å²) in [6.45, 7) is 1.23. The molecule has 2 N–H and O–H groups in total. The van der Waals surface area contributed by atoms with Gasteiger partial charge in [-0.1, -0.05) is 91.0 Å². The van der Waals surface area contributed by atoms with Crippen LogP contribution in [0.2, 0.25) is 0 Å². The predicted octanol–water partition coefficient (Wildman–Crippen LogP) is 3.86. The molecule has 0 aromatic heterocycles. The first-order valence-corrected chi connectivity index (χ1v) is 13.0. The third kappa shape index (κ3) is 7.95. The van der Waals surface area contributed by atoms with E-state index in [-0.39, 0.29) is 13.2 Å². The van der Waals surface area contributed by atoms with E-state index in [1.165, 1.54) is 14.2 Å². The standard InChI is InChI=1S/C31H37NO7/c1-34-30(33)27(32)26-29(38-20-24-16-10-5-11-17-24)28(37-19-23-14-8-4-9-15-23)25(39-31(26)35-2)21-36-18-22-12-6-3-7-13-22/h3-17,25-29,31H,18-21,32H2,1-2H3/t25-,26-,27-,28+,29-,31-/m1/s1. The summed E-state index contributed by atoms with van der Waals surface area (Å²) in [6.07, 6.45) is -2.67. The quantitative estimate of drug-likeness (QED) is 0.330. The van der Waals surface area contributed by atoms with Gasteiger partial charge in [0, 0.05) is 7.11 Å². The van der Waals surface area contributed by atoms with Crippen LogP contribution in [0.1, 0.15) is 16.7 Å². The molecule has 3 aromatic carbocycles. The summed E-state index contributed by atoms with van der Waals surface area (Å²) < 4.78 is 36.1. The number of carbonyl (C=O) groups is 1. The monoisotopic (exact) mass is 535 g/mol. The maximum atomic E-state index is 12.6. The Labute approximate surface area is 229 Å². The van der Waals surface area contributed by atoms with Crippen LogP contribution in [0.5, 0.6) is 0 Å². The number of esters is 1. The number of hydrogen-bond donors (Lipinski definition) is 1. The number of nitrogens with two attached hydrogens (primary N) is 1. The molecule has 1 aliphatic rings. The summed E-state index contributed by atoms with van der Waals surface area (Å²) in [5.41, 5.74) is 9.43. The Kier molecular flexibility index (Phi) is 11.0. The van der Waals surface area contributed by atoms with E-state index >= 15 is 0 Å². The van der Waals surface area contributed by atoms with Gasteiger partial charge < -0.3 is 34.2 Å². The van der Waals surface area contributed by atoms with Crippen LogP contribution in [0.4, 0.5) is 0 Å². The van der Waals surface area contributed by atoms with E-state index in [4.69, 9.17) is 34.2 Å². The molecule has 8 nitrogen and oxygen atoms in total. The summed E-state index contributed by atoms with van der Waals surface area (Å²) in [7, 11) is 2.82. The van der Waals surface area contributed by atoms with Gasteiger partial charge in [-0.3, -0.25) is 4.79 Å². The summed E-state index contributed by atoms with van der Waals surface area (Å²) in [6, 6.07) is 28.5. The molecule has 0 unspecified atom stereocenters. The van der Waals surface area contributed by atoms with Crippen LogP contribution in [0.3, 0.4) is 0 Å². The lowest BCUT2D eigenvalue weighted by Crippen LogP contribution is -2.63. The molecule has 3 aromatic rings. The van der Waals surface area contributed by atoms with Crippen LogP contribution in [0, 0.1) is 5.92 Å². The molecule has 4 rings (SSSR count). The lowest BCUT2D eigenvalue weighted by atomic mass is 9.85. The predicted molar refractivity (Wildman–Crippen MR) is 145 cm³/mol. The smallest absolute Gasteiger partial charge is 0.323 e. The Balaban J connectivity index is 1.61. The van der Waals surface area contributed by atoms with Crippen LogP contribution in [0.15, 0.2) is 91.0 Å². The van der Waals surface area contributed by atoms with Crippen molar-refractivity contribution in [3.63, 3.8) is 0 Å². The van der Waals surface area contributed by atoms with Crippen molar-refractivity contribution in [2.24, 2.45) is 11.7 Å². The van der Waals surface area contributed by atoms with Crippen molar-refractivity contribution < 1.29 is 33.2 Å². The SMILES string of the molecule is COC(=O)[C@H](N)[C@H]1[C@H](OC)O[C@H](COCc2ccccc2)[C@H](OCc2ccccc2)[C@@H]1OCc1ccccc1. The zero-order valence-electron chi connectivity index (χ0n) is 22.4. The molecule has 0 saturated carbocycles. The fraction of sp³-hybridized carbons (Fsp3) is 0.387. The van der Waals surface area contributed by atoms with E-state index in [9.17, 15) is 4.79 Å². The van der Waals surface area contributed by atoms with Crippen LogP contribution in [-0.2, 0) is 53.0 Å². The van der Waals surface area contributed by atoms with Gasteiger partial charge in [-0.2, -0.15) is 0 Å². The van der Waals surface area contributed by atoms with Crippen LogP contribution in [0.25, 0.3) is 0 Å². The molecule has 0 radical (unpaired) electrons. The van der Waals surface area contributed by atoms with E-state index < -0.39 is 42.5 Å². The van der Waals surface area contributed by atoms with Gasteiger partial charge in [0.15, 0.2) is 6.29 Å².